The van der Waals surface area contributed by atoms with Gasteiger partial charge in [-0.15, -0.1) is 13.2 Å². The zero-order valence-electron chi connectivity index (χ0n) is 9.54. The predicted octanol–water partition coefficient (Wildman–Crippen LogP) is 0.544. The molecule has 20 heavy (non-hydrogen) atoms. The lowest BCUT2D eigenvalue weighted by Crippen LogP contribution is -2.21. The Kier molecular flexibility index (Phi) is 4.04. The SMILES string of the molecule is COc1cc(OC(F)(F)F)c([N+](=O)[O-])c(S(N)(=O)=O)n1. The van der Waals surface area contributed by atoms with E-state index < -0.39 is 43.7 Å². The number of methoxy groups -OCH3 is 1. The fourth-order valence-electron chi connectivity index (χ4n) is 1.14. The molecule has 2 N–H and O–H groups in total. The molecule has 1 aromatic heterocycles. The van der Waals surface area contributed by atoms with Gasteiger partial charge in [0, 0.05) is 0 Å². The summed E-state index contributed by atoms with van der Waals surface area (Å²) < 4.78 is 66.6. The fourth-order valence-corrected chi connectivity index (χ4v) is 1.81. The van der Waals surface area contributed by atoms with Gasteiger partial charge in [-0.2, -0.15) is 4.98 Å². The molecule has 0 radical (unpaired) electrons. The third-order valence-corrected chi connectivity index (χ3v) is 2.61. The zero-order valence-corrected chi connectivity index (χ0v) is 10.4. The van der Waals surface area contributed by atoms with Crippen LogP contribution in [-0.2, 0) is 10.0 Å². The van der Waals surface area contributed by atoms with E-state index in [4.69, 9.17) is 0 Å². The summed E-state index contributed by atoms with van der Waals surface area (Å²) in [5, 5.41) is 14.0. The van der Waals surface area contributed by atoms with Crippen LogP contribution in [0.15, 0.2) is 11.1 Å². The lowest BCUT2D eigenvalue weighted by molar-refractivity contribution is -0.392. The van der Waals surface area contributed by atoms with E-state index in [1.165, 1.54) is 0 Å². The van der Waals surface area contributed by atoms with Crippen molar-refractivity contribution < 1.29 is 36.0 Å². The Morgan fingerprint density at radius 3 is 2.35 bits per heavy atom. The van der Waals surface area contributed by atoms with Gasteiger partial charge in [0.05, 0.1) is 18.1 Å². The van der Waals surface area contributed by atoms with Crippen LogP contribution in [0.3, 0.4) is 0 Å². The van der Waals surface area contributed by atoms with Crippen LogP contribution in [0, 0.1) is 10.1 Å². The van der Waals surface area contributed by atoms with E-state index >= 15 is 0 Å². The highest BCUT2D eigenvalue weighted by Gasteiger charge is 2.39. The number of rotatable bonds is 4. The molecule has 0 atom stereocenters. The summed E-state index contributed by atoms with van der Waals surface area (Å²) in [6, 6.07) is 0.417. The molecule has 112 valence electrons. The Hall–Kier alpha value is -2.15. The van der Waals surface area contributed by atoms with Crippen molar-refractivity contribution in [2.75, 3.05) is 7.11 Å². The van der Waals surface area contributed by atoms with Gasteiger partial charge in [0.15, 0.2) is 0 Å². The zero-order chi connectivity index (χ0) is 15.7. The Labute approximate surface area is 109 Å². The van der Waals surface area contributed by atoms with Crippen LogP contribution in [0.1, 0.15) is 0 Å². The van der Waals surface area contributed by atoms with Gasteiger partial charge in [-0.25, -0.2) is 13.6 Å². The molecule has 0 amide bonds. The highest BCUT2D eigenvalue weighted by atomic mass is 32.2. The minimum atomic E-state index is -5.28. The van der Waals surface area contributed by atoms with E-state index in [0.29, 0.717) is 6.07 Å². The summed E-state index contributed by atoms with van der Waals surface area (Å²) in [5.74, 6) is -2.06. The molecule has 0 aliphatic carbocycles. The summed E-state index contributed by atoms with van der Waals surface area (Å²) >= 11 is 0. The van der Waals surface area contributed by atoms with E-state index in [-0.39, 0.29) is 0 Å². The summed E-state index contributed by atoms with van der Waals surface area (Å²) in [6.07, 6.45) is -5.28. The van der Waals surface area contributed by atoms with Crippen LogP contribution < -0.4 is 14.6 Å². The molecule has 0 bridgehead atoms. The second kappa shape index (κ2) is 5.09. The molecule has 0 saturated carbocycles. The van der Waals surface area contributed by atoms with Crippen LogP contribution in [0.4, 0.5) is 18.9 Å². The number of halogens is 3. The first-order valence-corrected chi connectivity index (χ1v) is 6.02. The first-order valence-electron chi connectivity index (χ1n) is 4.47. The quantitative estimate of drug-likeness (QED) is 0.632. The number of pyridine rings is 1. The molecule has 0 aliphatic heterocycles. The second-order valence-corrected chi connectivity index (χ2v) is 4.64. The number of primary sulfonamides is 1. The van der Waals surface area contributed by atoms with Crippen LogP contribution in [0.2, 0.25) is 0 Å². The standard InChI is InChI=1S/C7H6F3N3O6S/c1-18-4-2-3(19-7(8,9)10)5(13(14)15)6(12-4)20(11,16)17/h2H,1H3,(H2,11,16,17). The lowest BCUT2D eigenvalue weighted by atomic mass is 10.4. The van der Waals surface area contributed by atoms with Crippen LogP contribution in [-0.4, -0.2) is 31.8 Å². The van der Waals surface area contributed by atoms with Crippen molar-refractivity contribution in [1.29, 1.82) is 0 Å². The van der Waals surface area contributed by atoms with Gasteiger partial charge >= 0.3 is 12.0 Å². The van der Waals surface area contributed by atoms with Crippen molar-refractivity contribution in [1.82, 2.24) is 4.98 Å². The molecular formula is C7H6F3N3O6S. The Morgan fingerprint density at radius 2 is 2.00 bits per heavy atom. The number of hydrogen-bond donors (Lipinski definition) is 1. The largest absolute Gasteiger partial charge is 0.573 e. The van der Waals surface area contributed by atoms with Crippen molar-refractivity contribution in [2.24, 2.45) is 5.14 Å². The molecule has 13 heteroatoms. The highest BCUT2D eigenvalue weighted by molar-refractivity contribution is 7.89. The first-order chi connectivity index (χ1) is 8.95. The molecule has 1 rings (SSSR count). The number of ether oxygens (including phenoxy) is 2. The Balaban J connectivity index is 3.68. The number of alkyl halides is 3. The number of nitrogens with two attached hydrogens (primary N) is 1. The number of hydrogen-bond acceptors (Lipinski definition) is 7. The van der Waals surface area contributed by atoms with Gasteiger partial charge in [-0.3, -0.25) is 10.1 Å². The second-order valence-electron chi connectivity index (χ2n) is 3.17. The molecule has 0 unspecified atom stereocenters. The summed E-state index contributed by atoms with van der Waals surface area (Å²) in [5.41, 5.74) is -1.54. The van der Waals surface area contributed by atoms with Gasteiger partial charge in [0.25, 0.3) is 15.0 Å². The van der Waals surface area contributed by atoms with Crippen LogP contribution >= 0.6 is 0 Å². The maximum Gasteiger partial charge on any atom is 0.573 e. The van der Waals surface area contributed by atoms with Crippen molar-refractivity contribution >= 4 is 15.7 Å². The average molecular weight is 317 g/mol. The third kappa shape index (κ3) is 3.67. The van der Waals surface area contributed by atoms with Crippen LogP contribution in [0.5, 0.6) is 11.6 Å². The van der Waals surface area contributed by atoms with E-state index in [9.17, 15) is 31.7 Å². The third-order valence-electron chi connectivity index (χ3n) is 1.79. The normalized spacial score (nSPS) is 12.1. The molecule has 1 aromatic rings. The maximum absolute atomic E-state index is 12.2. The fraction of sp³-hybridized carbons (Fsp3) is 0.286. The Bertz CT molecular complexity index is 644. The lowest BCUT2D eigenvalue weighted by Gasteiger charge is -2.11. The molecule has 1 heterocycles. The van der Waals surface area contributed by atoms with Gasteiger partial charge < -0.3 is 9.47 Å². The van der Waals surface area contributed by atoms with Crippen molar-refractivity contribution in [3.63, 3.8) is 0 Å². The molecule has 0 aromatic carbocycles. The van der Waals surface area contributed by atoms with Gasteiger partial charge in [-0.05, 0) is 0 Å². The molecule has 0 aliphatic rings. The summed E-state index contributed by atoms with van der Waals surface area (Å²) in [6.45, 7) is 0. The molecule has 9 nitrogen and oxygen atoms in total. The molecular weight excluding hydrogens is 311 g/mol. The Morgan fingerprint density at radius 1 is 1.45 bits per heavy atom. The molecule has 0 saturated heterocycles. The average Bonchev–Trinajstić information content (AvgIpc) is 2.23. The van der Waals surface area contributed by atoms with Gasteiger partial charge in [-0.1, -0.05) is 0 Å². The highest BCUT2D eigenvalue weighted by Crippen LogP contribution is 2.38. The monoisotopic (exact) mass is 317 g/mol. The van der Waals surface area contributed by atoms with Gasteiger partial charge in [0.2, 0.25) is 11.6 Å². The minimum absolute atomic E-state index is 0.417. The number of nitro groups is 1. The van der Waals surface area contributed by atoms with E-state index in [1.807, 2.05) is 0 Å². The number of nitrogens with zero attached hydrogens (tertiary/aromatic N) is 2. The number of aromatic nitrogens is 1. The van der Waals surface area contributed by atoms with Crippen molar-refractivity contribution in [3.05, 3.63) is 16.2 Å². The van der Waals surface area contributed by atoms with Crippen LogP contribution in [0.25, 0.3) is 0 Å². The van der Waals surface area contributed by atoms with Gasteiger partial charge in [0.1, 0.15) is 0 Å². The summed E-state index contributed by atoms with van der Waals surface area (Å²) in [4.78, 5) is 12.5. The molecule has 0 fully saturated rings. The maximum atomic E-state index is 12.2. The molecule has 0 spiro atoms. The van der Waals surface area contributed by atoms with E-state index in [2.05, 4.69) is 19.6 Å². The first kappa shape index (κ1) is 15.9. The van der Waals surface area contributed by atoms with Crippen molar-refractivity contribution in [3.8, 4) is 11.6 Å². The van der Waals surface area contributed by atoms with E-state index in [0.717, 1.165) is 7.11 Å². The van der Waals surface area contributed by atoms with E-state index in [1.54, 1.807) is 0 Å². The predicted molar refractivity (Wildman–Crippen MR) is 55.5 cm³/mol. The summed E-state index contributed by atoms with van der Waals surface area (Å²) in [7, 11) is -3.81. The number of sulfonamides is 1. The minimum Gasteiger partial charge on any atom is -0.481 e. The topological polar surface area (TPSA) is 135 Å². The van der Waals surface area contributed by atoms with Crippen molar-refractivity contribution in [2.45, 2.75) is 11.4 Å². The smallest absolute Gasteiger partial charge is 0.481 e.